The fourth-order valence-electron chi connectivity index (χ4n) is 0. The van der Waals surface area contributed by atoms with Gasteiger partial charge in [0.25, 0.3) is 0 Å². The smallest absolute Gasteiger partial charge is 1.00 e. The number of carbonyl (C=O) groups is 1. The third-order valence-electron chi connectivity index (χ3n) is 0. The van der Waals surface area contributed by atoms with Crippen molar-refractivity contribution in [3.8, 4) is 0 Å². The van der Waals surface area contributed by atoms with Gasteiger partial charge in [0.15, 0.2) is 0 Å². The summed E-state index contributed by atoms with van der Waals surface area (Å²) >= 11 is 0. The van der Waals surface area contributed by atoms with E-state index < -0.39 is 0 Å². The molecule has 0 saturated carbocycles. The van der Waals surface area contributed by atoms with Gasteiger partial charge < -0.3 is 6.22 Å². The second-order valence-electron chi connectivity index (χ2n) is 0.167. The molecule has 0 aromatic heterocycles. The summed E-state index contributed by atoms with van der Waals surface area (Å²) in [4.78, 5) is 8.99. The number of hydrogen-bond donors (Lipinski definition) is 0. The van der Waals surface area contributed by atoms with Gasteiger partial charge in [-0.1, -0.05) is 0 Å². The molecule has 0 aromatic rings. The van der Waals surface area contributed by atoms with Crippen molar-refractivity contribution in [1.82, 2.24) is 0 Å². The van der Waals surface area contributed by atoms with Crippen molar-refractivity contribution in [3.63, 3.8) is 0 Å². The summed E-state index contributed by atoms with van der Waals surface area (Å²) < 4.78 is 6.08. The Hall–Kier alpha value is 0.670. The van der Waals surface area contributed by atoms with Gasteiger partial charge in [-0.15, -0.1) is 0 Å². The normalized spacial score (nSPS) is 6.50. The van der Waals surface area contributed by atoms with Crippen molar-refractivity contribution < 1.29 is 37.1 Å². The average Bonchev–Trinajstić information content (AvgIpc) is 1.37. The molecule has 0 heterocycles. The Kier molecular flexibility index (Phi) is 11.0. The molecule has 1 nitrogen and oxygen atoms in total. The molecular weight excluding hydrogens is 63.0 g/mol. The molecule has 0 atom stereocenters. The van der Waals surface area contributed by atoms with Gasteiger partial charge in [-0.2, -0.15) is 0 Å². The summed E-state index contributed by atoms with van der Waals surface area (Å²) in [7, 11) is 0. The van der Waals surface area contributed by atoms with Crippen LogP contribution in [0, 0.1) is 0 Å². The molecule has 0 unspecified atom stereocenters. The molecule has 20 valence electrons. The number of carbonyl (C=O) groups excluding carboxylic acids is 1. The van der Waals surface area contributed by atoms with Crippen LogP contribution in [0.25, 0.3) is 0 Å². The predicted molar refractivity (Wildman–Crippen MR) is 12.9 cm³/mol. The number of hydrogen-bond acceptors (Lipinski definition) is 1. The SMILES string of the molecule is [2H]CC=O.[H-].[Na+]. The van der Waals surface area contributed by atoms with Gasteiger partial charge in [0, 0.05) is 1.37 Å². The fraction of sp³-hybridized carbons (Fsp3) is 0.500. The van der Waals surface area contributed by atoms with Crippen LogP contribution >= 0.6 is 0 Å². The molecule has 0 fully saturated rings. The zero-order valence-corrected chi connectivity index (χ0v) is 4.69. The molecule has 0 saturated heterocycles. The van der Waals surface area contributed by atoms with Gasteiger partial charge in [0.05, 0.1) is 0 Å². The van der Waals surface area contributed by atoms with Gasteiger partial charge in [-0.25, -0.2) is 0 Å². The first-order chi connectivity index (χ1) is 1.91. The zero-order chi connectivity index (χ0) is 3.41. The maximum Gasteiger partial charge on any atom is 1.00 e. The van der Waals surface area contributed by atoms with E-state index in [1.54, 1.807) is 0 Å². The summed E-state index contributed by atoms with van der Waals surface area (Å²) in [6.07, 6.45) is 0.542. The first-order valence-corrected chi connectivity index (χ1v) is 0.644. The molecule has 0 aromatic carbocycles. The summed E-state index contributed by atoms with van der Waals surface area (Å²) in [5.74, 6) is 0. The van der Waals surface area contributed by atoms with Crippen LogP contribution < -0.4 is 29.6 Å². The van der Waals surface area contributed by atoms with Crippen LogP contribution in [0.4, 0.5) is 0 Å². The molecule has 0 radical (unpaired) electrons. The van der Waals surface area contributed by atoms with Crippen LogP contribution in [-0.2, 0) is 4.79 Å². The maximum absolute atomic E-state index is 8.99. The number of aldehydes is 1. The van der Waals surface area contributed by atoms with Crippen molar-refractivity contribution >= 4 is 6.29 Å². The van der Waals surface area contributed by atoms with Crippen LogP contribution in [0.2, 0.25) is 0 Å². The predicted octanol–water partition coefficient (Wildman–Crippen LogP) is -2.68. The Balaban J connectivity index is -0.0000000450. The fourth-order valence-corrected chi connectivity index (χ4v) is 0. The van der Waals surface area contributed by atoms with E-state index in [1.165, 1.54) is 0 Å². The topological polar surface area (TPSA) is 17.1 Å². The molecule has 0 aliphatic rings. The minimum atomic E-state index is -0.111. The standard InChI is InChI=1S/C2H4O.Na.H/c1-2-3;;/h2H,1H3;;/q;+1;-1/i1D;;. The molecule has 0 bridgehead atoms. The molecule has 4 heavy (non-hydrogen) atoms. The van der Waals surface area contributed by atoms with Crippen molar-refractivity contribution in [3.05, 3.63) is 0 Å². The van der Waals surface area contributed by atoms with Gasteiger partial charge in [-0.05, 0) is 6.90 Å². The quantitative estimate of drug-likeness (QED) is 0.224. The van der Waals surface area contributed by atoms with Crippen LogP contribution in [0.15, 0.2) is 0 Å². The van der Waals surface area contributed by atoms with Crippen molar-refractivity contribution in [2.45, 2.75) is 6.90 Å². The molecular formula is C2H5NaO. The first-order valence-electron chi connectivity index (χ1n) is 1.35. The minimum Gasteiger partial charge on any atom is -1.00 e. The first kappa shape index (κ1) is 4.67. The van der Waals surface area contributed by atoms with Gasteiger partial charge in [-0.3, -0.25) is 0 Å². The largest absolute Gasteiger partial charge is 1.00 e. The molecule has 0 aliphatic heterocycles. The van der Waals surface area contributed by atoms with E-state index in [2.05, 4.69) is 0 Å². The van der Waals surface area contributed by atoms with Crippen molar-refractivity contribution in [2.24, 2.45) is 0 Å². The van der Waals surface area contributed by atoms with E-state index in [0.29, 0.717) is 6.29 Å². The Morgan fingerprint density at radius 3 is 2.75 bits per heavy atom. The molecule has 0 aliphatic carbocycles. The number of rotatable bonds is 0. The van der Waals surface area contributed by atoms with Crippen LogP contribution in [0.3, 0.4) is 0 Å². The summed E-state index contributed by atoms with van der Waals surface area (Å²) in [5.41, 5.74) is 0. The second kappa shape index (κ2) is 9.38. The maximum atomic E-state index is 8.99. The average molecular weight is 69.1 g/mol. The Morgan fingerprint density at radius 1 is 2.50 bits per heavy atom. The van der Waals surface area contributed by atoms with E-state index in [1.807, 2.05) is 0 Å². The Morgan fingerprint density at radius 2 is 2.75 bits per heavy atom. The van der Waals surface area contributed by atoms with E-state index in [4.69, 9.17) is 6.17 Å². The van der Waals surface area contributed by atoms with Crippen LogP contribution in [0.1, 0.15) is 9.70 Å². The monoisotopic (exact) mass is 69.0 g/mol. The summed E-state index contributed by atoms with van der Waals surface area (Å²) in [6.45, 7) is -0.111. The van der Waals surface area contributed by atoms with E-state index in [-0.39, 0.29) is 37.9 Å². The minimum absolute atomic E-state index is 0. The third-order valence-corrected chi connectivity index (χ3v) is 0. The molecule has 2 heteroatoms. The van der Waals surface area contributed by atoms with E-state index in [0.717, 1.165) is 0 Å². The van der Waals surface area contributed by atoms with Crippen LogP contribution in [0.5, 0.6) is 0 Å². The van der Waals surface area contributed by atoms with E-state index >= 15 is 0 Å². The zero-order valence-electron chi connectivity index (χ0n) is 4.69. The van der Waals surface area contributed by atoms with Crippen molar-refractivity contribution in [2.75, 3.05) is 0 Å². The van der Waals surface area contributed by atoms with Gasteiger partial charge >= 0.3 is 29.6 Å². The molecule has 0 amide bonds. The van der Waals surface area contributed by atoms with E-state index in [9.17, 15) is 0 Å². The van der Waals surface area contributed by atoms with Gasteiger partial charge in [0.1, 0.15) is 6.29 Å². The Labute approximate surface area is 50.6 Å². The van der Waals surface area contributed by atoms with Gasteiger partial charge in [0.2, 0.25) is 0 Å². The van der Waals surface area contributed by atoms with Crippen molar-refractivity contribution in [1.29, 1.82) is 0 Å². The van der Waals surface area contributed by atoms with Crippen LogP contribution in [-0.4, -0.2) is 6.29 Å². The summed E-state index contributed by atoms with van der Waals surface area (Å²) in [6, 6.07) is 0. The Bertz CT molecular complexity index is 25.5. The molecule has 0 N–H and O–H groups in total. The third kappa shape index (κ3) is 16.6. The second-order valence-corrected chi connectivity index (χ2v) is 0.167. The molecule has 0 spiro atoms. The summed E-state index contributed by atoms with van der Waals surface area (Å²) in [5, 5.41) is 0. The molecule has 0 rings (SSSR count).